The number of carbonyl (C=O) groups is 2. The fraction of sp³-hybridized carbons (Fsp3) is 0.619. The Kier molecular flexibility index (Phi) is 12.7. The first-order valence-electron chi connectivity index (χ1n) is 9.36. The summed E-state index contributed by atoms with van der Waals surface area (Å²) in [6.45, 7) is 9.52. The van der Waals surface area contributed by atoms with E-state index in [-0.39, 0.29) is 12.5 Å². The molecular weight excluding hydrogens is 344 g/mol. The van der Waals surface area contributed by atoms with Crippen LogP contribution in [0.25, 0.3) is 0 Å². The SMILES string of the molecule is C#CC.C/C=C(\CC(=O)O)N[C@H]1CCC2CNC(C(=O)O)CC2C1.C=CC. The first kappa shape index (κ1) is 24.7. The van der Waals surface area contributed by atoms with Crippen molar-refractivity contribution in [1.82, 2.24) is 10.6 Å². The van der Waals surface area contributed by atoms with E-state index >= 15 is 0 Å². The van der Waals surface area contributed by atoms with Crippen molar-refractivity contribution in [2.24, 2.45) is 11.8 Å². The molecule has 2 aliphatic rings. The predicted molar refractivity (Wildman–Crippen MR) is 108 cm³/mol. The third-order valence-electron chi connectivity index (χ3n) is 4.68. The predicted octanol–water partition coefficient (Wildman–Crippen LogP) is 3.02. The van der Waals surface area contributed by atoms with Crippen LogP contribution in [0.4, 0.5) is 0 Å². The molecule has 2 fully saturated rings. The monoisotopic (exact) mass is 378 g/mol. The lowest BCUT2D eigenvalue weighted by Crippen LogP contribution is -2.51. The lowest BCUT2D eigenvalue weighted by atomic mass is 9.72. The Morgan fingerprint density at radius 2 is 1.85 bits per heavy atom. The van der Waals surface area contributed by atoms with Crippen LogP contribution in [-0.2, 0) is 9.59 Å². The second kappa shape index (κ2) is 13.9. The van der Waals surface area contributed by atoms with E-state index < -0.39 is 18.0 Å². The molecular formula is C21H34N2O4. The van der Waals surface area contributed by atoms with E-state index in [2.05, 4.69) is 29.6 Å². The van der Waals surface area contributed by atoms with Gasteiger partial charge >= 0.3 is 11.9 Å². The Morgan fingerprint density at radius 1 is 1.26 bits per heavy atom. The summed E-state index contributed by atoms with van der Waals surface area (Å²) in [6.07, 6.45) is 11.8. The normalized spacial score (nSPS) is 26.5. The average Bonchev–Trinajstić information content (AvgIpc) is 2.61. The standard InChI is InChI=1S/C15H24N2O4.C3H6.C3H4/c1-2-11(7-14(18)19)17-12-4-3-9-8-16-13(15(20)21)6-10(9)5-12;2*1-3-2/h2,9-10,12-13,16-17H,3-8H2,1H3,(H,18,19)(H,20,21);3H,1H2,2H3;1H,2H3/b11-2+;;/t9?,10?,12-,13?;;/m0../s1. The second-order valence-electron chi connectivity index (χ2n) is 6.79. The number of hydrogen-bond donors (Lipinski definition) is 4. The van der Waals surface area contributed by atoms with Crippen LogP contribution in [-0.4, -0.2) is 40.8 Å². The molecule has 0 radical (unpaired) electrons. The molecule has 27 heavy (non-hydrogen) atoms. The maximum atomic E-state index is 11.1. The number of aliphatic carboxylic acids is 2. The van der Waals surface area contributed by atoms with Crippen molar-refractivity contribution in [2.75, 3.05) is 6.54 Å². The second-order valence-corrected chi connectivity index (χ2v) is 6.79. The van der Waals surface area contributed by atoms with Crippen molar-refractivity contribution in [3.05, 3.63) is 24.4 Å². The number of carboxylic acids is 2. The largest absolute Gasteiger partial charge is 0.481 e. The summed E-state index contributed by atoms with van der Waals surface area (Å²) >= 11 is 0. The van der Waals surface area contributed by atoms with E-state index in [1.54, 1.807) is 13.0 Å². The zero-order chi connectivity index (χ0) is 20.8. The molecule has 0 amide bonds. The average molecular weight is 379 g/mol. The van der Waals surface area contributed by atoms with Gasteiger partial charge in [0.15, 0.2) is 0 Å². The molecule has 3 unspecified atom stereocenters. The summed E-state index contributed by atoms with van der Waals surface area (Å²) in [5.41, 5.74) is 0.745. The van der Waals surface area contributed by atoms with Crippen LogP contribution in [0.3, 0.4) is 0 Å². The highest BCUT2D eigenvalue weighted by Gasteiger charge is 2.37. The lowest BCUT2D eigenvalue weighted by Gasteiger charge is -2.42. The Bertz CT molecular complexity index is 551. The van der Waals surface area contributed by atoms with Gasteiger partial charge in [0.1, 0.15) is 6.04 Å². The van der Waals surface area contributed by atoms with Gasteiger partial charge < -0.3 is 20.8 Å². The maximum absolute atomic E-state index is 11.1. The van der Waals surface area contributed by atoms with Crippen LogP contribution in [0, 0.1) is 24.2 Å². The number of hydrogen-bond acceptors (Lipinski definition) is 4. The van der Waals surface area contributed by atoms with Gasteiger partial charge in [0, 0.05) is 11.7 Å². The molecule has 0 spiro atoms. The maximum Gasteiger partial charge on any atom is 0.320 e. The van der Waals surface area contributed by atoms with Crippen molar-refractivity contribution in [3.8, 4) is 12.3 Å². The highest BCUT2D eigenvalue weighted by molar-refractivity contribution is 5.73. The molecule has 6 heteroatoms. The van der Waals surface area contributed by atoms with Crippen molar-refractivity contribution in [2.45, 2.75) is 65.0 Å². The minimum Gasteiger partial charge on any atom is -0.481 e. The third kappa shape index (κ3) is 9.86. The number of nitrogens with one attached hydrogen (secondary N) is 2. The Hall–Kier alpha value is -2.26. The smallest absolute Gasteiger partial charge is 0.320 e. The van der Waals surface area contributed by atoms with Gasteiger partial charge in [-0.1, -0.05) is 12.2 Å². The number of allylic oxidation sites excluding steroid dienone is 2. The van der Waals surface area contributed by atoms with E-state index in [1.165, 1.54) is 0 Å². The number of piperidine rings is 1. The highest BCUT2D eigenvalue weighted by Crippen LogP contribution is 2.36. The van der Waals surface area contributed by atoms with Gasteiger partial charge in [0.2, 0.25) is 0 Å². The highest BCUT2D eigenvalue weighted by atomic mass is 16.4. The molecule has 1 saturated carbocycles. The molecule has 0 aromatic heterocycles. The van der Waals surface area contributed by atoms with Gasteiger partial charge in [0.25, 0.3) is 0 Å². The Labute approximate surface area is 163 Å². The van der Waals surface area contributed by atoms with Crippen LogP contribution in [0.2, 0.25) is 0 Å². The Balaban J connectivity index is 0.000000997. The van der Waals surface area contributed by atoms with Crippen molar-refractivity contribution in [3.63, 3.8) is 0 Å². The molecule has 4 N–H and O–H groups in total. The van der Waals surface area contributed by atoms with E-state index in [9.17, 15) is 9.59 Å². The van der Waals surface area contributed by atoms with Crippen LogP contribution in [0.1, 0.15) is 52.9 Å². The summed E-state index contributed by atoms with van der Waals surface area (Å²) in [4.78, 5) is 21.9. The summed E-state index contributed by atoms with van der Waals surface area (Å²) in [7, 11) is 0. The number of carboxylic acid groups (broad SMARTS) is 2. The zero-order valence-electron chi connectivity index (χ0n) is 16.7. The van der Waals surface area contributed by atoms with Gasteiger partial charge in [-0.25, -0.2) is 0 Å². The Morgan fingerprint density at radius 3 is 2.33 bits per heavy atom. The summed E-state index contributed by atoms with van der Waals surface area (Å²) < 4.78 is 0. The van der Waals surface area contributed by atoms with Crippen LogP contribution >= 0.6 is 0 Å². The third-order valence-corrected chi connectivity index (χ3v) is 4.68. The summed E-state index contributed by atoms with van der Waals surface area (Å²) in [5, 5.41) is 24.4. The van der Waals surface area contributed by atoms with E-state index in [0.717, 1.165) is 31.5 Å². The number of rotatable bonds is 5. The van der Waals surface area contributed by atoms with E-state index in [0.29, 0.717) is 18.3 Å². The topological polar surface area (TPSA) is 98.7 Å². The molecule has 6 nitrogen and oxygen atoms in total. The molecule has 152 valence electrons. The minimum absolute atomic E-state index is 0.0143. The first-order valence-corrected chi connectivity index (χ1v) is 9.36. The molecule has 0 aromatic rings. The molecule has 4 atom stereocenters. The molecule has 1 aliphatic heterocycles. The first-order chi connectivity index (χ1) is 12.8. The van der Waals surface area contributed by atoms with Gasteiger partial charge in [-0.3, -0.25) is 9.59 Å². The minimum atomic E-state index is -0.836. The lowest BCUT2D eigenvalue weighted by molar-refractivity contribution is -0.141. The van der Waals surface area contributed by atoms with Gasteiger partial charge in [0.05, 0.1) is 6.42 Å². The van der Waals surface area contributed by atoms with Crippen molar-refractivity contribution in [1.29, 1.82) is 0 Å². The fourth-order valence-electron chi connectivity index (χ4n) is 3.54. The quantitative estimate of drug-likeness (QED) is 0.434. The zero-order valence-corrected chi connectivity index (χ0v) is 16.7. The molecule has 0 bridgehead atoms. The van der Waals surface area contributed by atoms with Crippen LogP contribution < -0.4 is 10.6 Å². The molecule has 1 heterocycles. The van der Waals surface area contributed by atoms with Crippen LogP contribution in [0.15, 0.2) is 24.4 Å². The molecule has 0 aromatic carbocycles. The van der Waals surface area contributed by atoms with Gasteiger partial charge in [-0.15, -0.1) is 18.9 Å². The number of terminal acetylenes is 1. The molecule has 1 saturated heterocycles. The van der Waals surface area contributed by atoms with Crippen molar-refractivity contribution >= 4 is 11.9 Å². The summed E-state index contributed by atoms with van der Waals surface area (Å²) in [5.74, 6) is 1.59. The van der Waals surface area contributed by atoms with E-state index in [1.807, 2.05) is 19.9 Å². The van der Waals surface area contributed by atoms with Gasteiger partial charge in [-0.05, 0) is 64.8 Å². The molecule has 2 rings (SSSR count). The number of fused-ring (bicyclic) bond motifs is 1. The fourth-order valence-corrected chi connectivity index (χ4v) is 3.54. The molecule has 1 aliphatic carbocycles. The van der Waals surface area contributed by atoms with Crippen molar-refractivity contribution < 1.29 is 19.8 Å². The van der Waals surface area contributed by atoms with Crippen LogP contribution in [0.5, 0.6) is 0 Å². The summed E-state index contributed by atoms with van der Waals surface area (Å²) in [6, 6.07) is -0.186. The van der Waals surface area contributed by atoms with E-state index in [4.69, 9.17) is 10.2 Å². The van der Waals surface area contributed by atoms with Gasteiger partial charge in [-0.2, -0.15) is 0 Å².